The Hall–Kier alpha value is -3.01. The van der Waals surface area contributed by atoms with Gasteiger partial charge in [0, 0.05) is 0 Å². The van der Waals surface area contributed by atoms with Crippen LogP contribution in [0.15, 0.2) is 72.8 Å². The van der Waals surface area contributed by atoms with E-state index in [9.17, 15) is 15.0 Å². The van der Waals surface area contributed by atoms with Gasteiger partial charge in [0.2, 0.25) is 0 Å². The number of carbonyl (C=O) groups is 1. The number of hydrogen-bond acceptors (Lipinski definition) is 3. The maximum Gasteiger partial charge on any atom is 0.152 e. The second-order valence-electron chi connectivity index (χ2n) is 7.91. The number of fused-ring (bicyclic) bond motifs is 2. The Morgan fingerprint density at radius 2 is 1.07 bits per heavy atom. The molecule has 4 aromatic rings. The smallest absolute Gasteiger partial charge is 0.152 e. The summed E-state index contributed by atoms with van der Waals surface area (Å²) in [7, 11) is 0. The van der Waals surface area contributed by atoms with Crippen LogP contribution in [0.1, 0.15) is 34.1 Å². The molecule has 0 saturated carbocycles. The first-order valence-corrected chi connectivity index (χ1v) is 10.3. The van der Waals surface area contributed by atoms with Crippen LogP contribution in [0.3, 0.4) is 0 Å². The lowest BCUT2D eigenvalue weighted by atomic mass is 9.79. The van der Waals surface area contributed by atoms with Gasteiger partial charge in [-0.2, -0.15) is 0 Å². The van der Waals surface area contributed by atoms with E-state index >= 15 is 0 Å². The van der Waals surface area contributed by atoms with E-state index < -0.39 is 11.8 Å². The van der Waals surface area contributed by atoms with Crippen molar-refractivity contribution in [1.29, 1.82) is 0 Å². The summed E-state index contributed by atoms with van der Waals surface area (Å²) in [4.78, 5) is 13.8. The molecule has 0 amide bonds. The fourth-order valence-corrected chi connectivity index (χ4v) is 4.62. The molecule has 152 valence electrons. The van der Waals surface area contributed by atoms with Crippen molar-refractivity contribution in [3.8, 4) is 0 Å². The molecule has 3 heteroatoms. The minimum atomic E-state index is -0.702. The number of rotatable bonds is 6. The fourth-order valence-electron chi connectivity index (χ4n) is 4.62. The highest BCUT2D eigenvalue weighted by Gasteiger charge is 2.32. The van der Waals surface area contributed by atoms with E-state index in [0.717, 1.165) is 43.8 Å². The molecule has 0 aliphatic heterocycles. The summed E-state index contributed by atoms with van der Waals surface area (Å²) in [6.07, 6.45) is 0. The van der Waals surface area contributed by atoms with E-state index in [4.69, 9.17) is 0 Å². The SMILES string of the molecule is Cc1ccc2ccccc2c1C(CO)C(=O)C(CO)c1c(C)ccc2ccccc12. The first-order chi connectivity index (χ1) is 14.6. The van der Waals surface area contributed by atoms with E-state index in [-0.39, 0.29) is 19.0 Å². The number of ketones is 1. The fraction of sp³-hybridized carbons (Fsp3) is 0.222. The number of benzene rings is 4. The average molecular weight is 399 g/mol. The highest BCUT2D eigenvalue weighted by Crippen LogP contribution is 2.36. The number of hydrogen-bond donors (Lipinski definition) is 2. The highest BCUT2D eigenvalue weighted by atomic mass is 16.3. The summed E-state index contributed by atoms with van der Waals surface area (Å²) >= 11 is 0. The molecule has 0 spiro atoms. The van der Waals surface area contributed by atoms with Crippen LogP contribution in [-0.2, 0) is 4.79 Å². The zero-order chi connectivity index (χ0) is 21.3. The predicted molar refractivity (Wildman–Crippen MR) is 122 cm³/mol. The van der Waals surface area contributed by atoms with Gasteiger partial charge in [0.05, 0.1) is 25.0 Å². The Morgan fingerprint density at radius 3 is 1.47 bits per heavy atom. The topological polar surface area (TPSA) is 57.5 Å². The largest absolute Gasteiger partial charge is 0.395 e. The van der Waals surface area contributed by atoms with Gasteiger partial charge in [-0.25, -0.2) is 0 Å². The van der Waals surface area contributed by atoms with Crippen LogP contribution in [0.2, 0.25) is 0 Å². The number of carbonyl (C=O) groups excluding carboxylic acids is 1. The van der Waals surface area contributed by atoms with E-state index in [1.54, 1.807) is 0 Å². The molecule has 0 heterocycles. The van der Waals surface area contributed by atoms with Crippen LogP contribution < -0.4 is 0 Å². The zero-order valence-electron chi connectivity index (χ0n) is 17.3. The number of aliphatic hydroxyl groups excluding tert-OH is 2. The Bertz CT molecular complexity index is 1130. The van der Waals surface area contributed by atoms with Gasteiger partial charge in [0.25, 0.3) is 0 Å². The van der Waals surface area contributed by atoms with Crippen LogP contribution in [0.25, 0.3) is 21.5 Å². The van der Waals surface area contributed by atoms with Crippen LogP contribution in [-0.4, -0.2) is 29.2 Å². The second kappa shape index (κ2) is 8.39. The highest BCUT2D eigenvalue weighted by molar-refractivity contribution is 6.01. The van der Waals surface area contributed by atoms with Crippen molar-refractivity contribution in [3.05, 3.63) is 95.1 Å². The van der Waals surface area contributed by atoms with Gasteiger partial charge >= 0.3 is 0 Å². The molecule has 2 unspecified atom stereocenters. The maximum absolute atomic E-state index is 13.8. The molecule has 0 saturated heterocycles. The number of Topliss-reactive ketones (excluding diaryl/α,β-unsaturated/α-hetero) is 1. The lowest BCUT2D eigenvalue weighted by Crippen LogP contribution is -2.27. The summed E-state index contributed by atoms with van der Waals surface area (Å²) in [6, 6.07) is 23.9. The molecule has 4 rings (SSSR count). The molecule has 2 N–H and O–H groups in total. The molecular weight excluding hydrogens is 372 g/mol. The van der Waals surface area contributed by atoms with Crippen molar-refractivity contribution < 1.29 is 15.0 Å². The minimum Gasteiger partial charge on any atom is -0.395 e. The normalized spacial score (nSPS) is 13.5. The summed E-state index contributed by atoms with van der Waals surface area (Å²) in [5.41, 5.74) is 3.62. The summed E-state index contributed by atoms with van der Waals surface area (Å²) < 4.78 is 0. The first-order valence-electron chi connectivity index (χ1n) is 10.3. The molecular formula is C27H26O3. The third-order valence-corrected chi connectivity index (χ3v) is 6.13. The van der Waals surface area contributed by atoms with Crippen molar-refractivity contribution in [1.82, 2.24) is 0 Å². The summed E-state index contributed by atoms with van der Waals surface area (Å²) in [5.74, 6) is -1.56. The third kappa shape index (κ3) is 3.41. The van der Waals surface area contributed by atoms with Gasteiger partial charge in [-0.15, -0.1) is 0 Å². The number of aliphatic hydroxyl groups is 2. The Kier molecular flexibility index (Phi) is 5.67. The van der Waals surface area contributed by atoms with E-state index in [0.29, 0.717) is 0 Å². The van der Waals surface area contributed by atoms with Gasteiger partial charge < -0.3 is 10.2 Å². The maximum atomic E-state index is 13.8. The lowest BCUT2D eigenvalue weighted by molar-refractivity contribution is -0.123. The molecule has 2 atom stereocenters. The Balaban J connectivity index is 1.87. The average Bonchev–Trinajstić information content (AvgIpc) is 2.77. The van der Waals surface area contributed by atoms with Crippen molar-refractivity contribution in [3.63, 3.8) is 0 Å². The third-order valence-electron chi connectivity index (χ3n) is 6.13. The van der Waals surface area contributed by atoms with E-state index in [1.165, 1.54) is 0 Å². The lowest BCUT2D eigenvalue weighted by Gasteiger charge is -2.25. The molecule has 0 fully saturated rings. The van der Waals surface area contributed by atoms with Crippen LogP contribution in [0.5, 0.6) is 0 Å². The second-order valence-corrected chi connectivity index (χ2v) is 7.91. The molecule has 0 aromatic heterocycles. The van der Waals surface area contributed by atoms with Gasteiger partial charge in [0.15, 0.2) is 5.78 Å². The summed E-state index contributed by atoms with van der Waals surface area (Å²) in [5, 5.41) is 24.6. The monoisotopic (exact) mass is 398 g/mol. The van der Waals surface area contributed by atoms with Crippen molar-refractivity contribution >= 4 is 27.3 Å². The molecule has 30 heavy (non-hydrogen) atoms. The standard InChI is InChI=1S/C27H26O3/c1-17-11-13-19-7-3-5-9-21(19)25(17)23(15-28)27(30)24(16-29)26-18(2)12-14-20-8-4-6-10-22(20)26/h3-14,23-24,28-29H,15-16H2,1-2H3. The summed E-state index contributed by atoms with van der Waals surface area (Å²) in [6.45, 7) is 3.34. The molecule has 0 aliphatic carbocycles. The Labute approximate surface area is 176 Å². The Morgan fingerprint density at radius 1 is 0.667 bits per heavy atom. The van der Waals surface area contributed by atoms with Crippen molar-refractivity contribution in [2.24, 2.45) is 0 Å². The number of aryl methyl sites for hydroxylation is 2. The van der Waals surface area contributed by atoms with Gasteiger partial charge in [-0.3, -0.25) is 4.79 Å². The first kappa shape index (κ1) is 20.3. The van der Waals surface area contributed by atoms with E-state index in [2.05, 4.69) is 0 Å². The van der Waals surface area contributed by atoms with Gasteiger partial charge in [-0.05, 0) is 57.6 Å². The predicted octanol–water partition coefficient (Wildman–Crippen LogP) is 5.03. The molecule has 0 radical (unpaired) electrons. The van der Waals surface area contributed by atoms with Crippen LogP contribution in [0, 0.1) is 13.8 Å². The van der Waals surface area contributed by atoms with Crippen LogP contribution >= 0.6 is 0 Å². The van der Waals surface area contributed by atoms with Gasteiger partial charge in [0.1, 0.15) is 0 Å². The molecule has 3 nitrogen and oxygen atoms in total. The van der Waals surface area contributed by atoms with Crippen molar-refractivity contribution in [2.45, 2.75) is 25.7 Å². The zero-order valence-corrected chi connectivity index (χ0v) is 17.3. The van der Waals surface area contributed by atoms with E-state index in [1.807, 2.05) is 86.6 Å². The van der Waals surface area contributed by atoms with Crippen molar-refractivity contribution in [2.75, 3.05) is 13.2 Å². The minimum absolute atomic E-state index is 0.154. The molecule has 4 aromatic carbocycles. The van der Waals surface area contributed by atoms with Gasteiger partial charge in [-0.1, -0.05) is 72.8 Å². The van der Waals surface area contributed by atoms with Crippen LogP contribution in [0.4, 0.5) is 0 Å². The quantitative estimate of drug-likeness (QED) is 0.479. The molecule has 0 aliphatic rings. The molecule has 0 bridgehead atoms.